The standard InChI is InChI=1S/C13H18N2O4/c1-15(8-9-19-2)13(18)14-11(12(16)17)10-6-4-3-5-7-10/h3-7,11H,8-9H2,1-2H3,(H,14,18)(H,16,17). The first kappa shape index (κ1) is 15.0. The number of nitrogens with one attached hydrogen (secondary N) is 1. The lowest BCUT2D eigenvalue weighted by Gasteiger charge is -2.21. The summed E-state index contributed by atoms with van der Waals surface area (Å²) in [7, 11) is 3.12. The maximum atomic E-state index is 11.8. The van der Waals surface area contributed by atoms with E-state index < -0.39 is 18.0 Å². The van der Waals surface area contributed by atoms with Crippen LogP contribution in [0.15, 0.2) is 30.3 Å². The van der Waals surface area contributed by atoms with Gasteiger partial charge in [-0.15, -0.1) is 0 Å². The van der Waals surface area contributed by atoms with Crippen molar-refractivity contribution in [2.45, 2.75) is 6.04 Å². The van der Waals surface area contributed by atoms with Crippen LogP contribution in [0, 0.1) is 0 Å². The summed E-state index contributed by atoms with van der Waals surface area (Å²) < 4.78 is 4.86. The van der Waals surface area contributed by atoms with E-state index in [1.807, 2.05) is 0 Å². The molecule has 0 spiro atoms. The number of likely N-dealkylation sites (N-methyl/N-ethyl adjacent to an activating group) is 1. The van der Waals surface area contributed by atoms with E-state index >= 15 is 0 Å². The molecular formula is C13H18N2O4. The average molecular weight is 266 g/mol. The molecule has 6 heteroatoms. The van der Waals surface area contributed by atoms with Crippen LogP contribution in [0.25, 0.3) is 0 Å². The van der Waals surface area contributed by atoms with Crippen molar-refractivity contribution in [3.63, 3.8) is 0 Å². The Morgan fingerprint density at radius 3 is 2.53 bits per heavy atom. The molecule has 0 saturated carbocycles. The van der Waals surface area contributed by atoms with Gasteiger partial charge >= 0.3 is 12.0 Å². The Kier molecular flexibility index (Phi) is 5.81. The van der Waals surface area contributed by atoms with E-state index in [4.69, 9.17) is 4.74 Å². The molecule has 2 amide bonds. The number of aliphatic carboxylic acids is 1. The maximum absolute atomic E-state index is 11.8. The van der Waals surface area contributed by atoms with Gasteiger partial charge in [-0.25, -0.2) is 9.59 Å². The lowest BCUT2D eigenvalue weighted by Crippen LogP contribution is -2.43. The normalized spacial score (nSPS) is 11.7. The zero-order chi connectivity index (χ0) is 14.3. The van der Waals surface area contributed by atoms with E-state index in [2.05, 4.69) is 5.32 Å². The van der Waals surface area contributed by atoms with Crippen LogP contribution < -0.4 is 5.32 Å². The molecule has 1 rings (SSSR count). The van der Waals surface area contributed by atoms with Crippen molar-refractivity contribution in [3.05, 3.63) is 35.9 Å². The van der Waals surface area contributed by atoms with Gasteiger partial charge in [0.2, 0.25) is 0 Å². The van der Waals surface area contributed by atoms with Crippen molar-refractivity contribution < 1.29 is 19.4 Å². The molecule has 0 bridgehead atoms. The summed E-state index contributed by atoms with van der Waals surface area (Å²) >= 11 is 0. The summed E-state index contributed by atoms with van der Waals surface area (Å²) in [6.45, 7) is 0.788. The molecule has 0 radical (unpaired) electrons. The molecule has 0 aromatic heterocycles. The van der Waals surface area contributed by atoms with Crippen LogP contribution in [0.5, 0.6) is 0 Å². The number of hydrogen-bond acceptors (Lipinski definition) is 3. The number of hydrogen-bond donors (Lipinski definition) is 2. The van der Waals surface area contributed by atoms with Gasteiger partial charge in [0.1, 0.15) is 0 Å². The molecular weight excluding hydrogens is 248 g/mol. The zero-order valence-corrected chi connectivity index (χ0v) is 11.0. The quantitative estimate of drug-likeness (QED) is 0.808. The van der Waals surface area contributed by atoms with Gasteiger partial charge in [-0.1, -0.05) is 30.3 Å². The minimum atomic E-state index is -1.10. The van der Waals surface area contributed by atoms with E-state index in [1.54, 1.807) is 37.4 Å². The van der Waals surface area contributed by atoms with Crippen molar-refractivity contribution in [2.24, 2.45) is 0 Å². The van der Waals surface area contributed by atoms with E-state index in [0.717, 1.165) is 0 Å². The predicted octanol–water partition coefficient (Wildman–Crippen LogP) is 1.10. The minimum absolute atomic E-state index is 0.392. The van der Waals surface area contributed by atoms with E-state index in [1.165, 1.54) is 12.0 Å². The highest BCUT2D eigenvalue weighted by Crippen LogP contribution is 2.12. The number of ether oxygens (including phenoxy) is 1. The summed E-state index contributed by atoms with van der Waals surface area (Å²) in [6, 6.07) is 7.06. The number of rotatable bonds is 6. The van der Waals surface area contributed by atoms with Gasteiger partial charge in [-0.05, 0) is 5.56 Å². The van der Waals surface area contributed by atoms with Crippen LogP contribution in [-0.2, 0) is 9.53 Å². The van der Waals surface area contributed by atoms with Gasteiger partial charge < -0.3 is 20.1 Å². The summed E-state index contributed by atoms with van der Waals surface area (Å²) in [5, 5.41) is 11.6. The summed E-state index contributed by atoms with van der Waals surface area (Å²) in [5.41, 5.74) is 0.531. The van der Waals surface area contributed by atoms with E-state index in [0.29, 0.717) is 18.7 Å². The Bertz CT molecular complexity index is 422. The number of benzene rings is 1. The number of carbonyl (C=O) groups excluding carboxylic acids is 1. The third-order valence-corrected chi connectivity index (χ3v) is 2.63. The third kappa shape index (κ3) is 4.59. The van der Waals surface area contributed by atoms with Crippen LogP contribution in [0.3, 0.4) is 0 Å². The molecule has 6 nitrogen and oxygen atoms in total. The molecule has 2 N–H and O–H groups in total. The molecule has 1 aromatic rings. The predicted molar refractivity (Wildman–Crippen MR) is 69.9 cm³/mol. The fraction of sp³-hybridized carbons (Fsp3) is 0.385. The highest BCUT2D eigenvalue weighted by molar-refractivity contribution is 5.83. The molecule has 0 fully saturated rings. The molecule has 19 heavy (non-hydrogen) atoms. The number of carbonyl (C=O) groups is 2. The number of carboxylic acids is 1. The Balaban J connectivity index is 2.70. The summed E-state index contributed by atoms with van der Waals surface area (Å²) in [4.78, 5) is 24.4. The van der Waals surface area contributed by atoms with Crippen LogP contribution in [-0.4, -0.2) is 49.3 Å². The number of nitrogens with zero attached hydrogens (tertiary/aromatic N) is 1. The maximum Gasteiger partial charge on any atom is 0.330 e. The first-order chi connectivity index (χ1) is 9.06. The third-order valence-electron chi connectivity index (χ3n) is 2.63. The minimum Gasteiger partial charge on any atom is -0.479 e. The van der Waals surface area contributed by atoms with Crippen molar-refractivity contribution in [3.8, 4) is 0 Å². The van der Waals surface area contributed by atoms with Crippen molar-refractivity contribution in [2.75, 3.05) is 27.3 Å². The van der Waals surface area contributed by atoms with E-state index in [-0.39, 0.29) is 0 Å². The molecule has 0 aliphatic rings. The Morgan fingerprint density at radius 2 is 2.00 bits per heavy atom. The first-order valence-corrected chi connectivity index (χ1v) is 5.84. The molecule has 1 unspecified atom stereocenters. The second kappa shape index (κ2) is 7.38. The number of urea groups is 1. The number of carboxylic acid groups (broad SMARTS) is 1. The highest BCUT2D eigenvalue weighted by Gasteiger charge is 2.23. The smallest absolute Gasteiger partial charge is 0.330 e. The average Bonchev–Trinajstić information content (AvgIpc) is 2.42. The molecule has 0 aliphatic carbocycles. The molecule has 0 saturated heterocycles. The van der Waals surface area contributed by atoms with E-state index in [9.17, 15) is 14.7 Å². The lowest BCUT2D eigenvalue weighted by atomic mass is 10.1. The van der Waals surface area contributed by atoms with Crippen molar-refractivity contribution in [1.29, 1.82) is 0 Å². The molecule has 1 aromatic carbocycles. The van der Waals surface area contributed by atoms with Gasteiger partial charge in [0.25, 0.3) is 0 Å². The second-order valence-corrected chi connectivity index (χ2v) is 4.05. The first-order valence-electron chi connectivity index (χ1n) is 5.84. The number of amides is 2. The summed E-state index contributed by atoms with van der Waals surface area (Å²) in [5.74, 6) is -1.10. The van der Waals surface area contributed by atoms with Gasteiger partial charge in [0.15, 0.2) is 6.04 Å². The van der Waals surface area contributed by atoms with Crippen LogP contribution >= 0.6 is 0 Å². The fourth-order valence-electron chi connectivity index (χ4n) is 1.50. The van der Waals surface area contributed by atoms with Gasteiger partial charge in [0.05, 0.1) is 6.61 Å². The van der Waals surface area contributed by atoms with Gasteiger partial charge in [-0.2, -0.15) is 0 Å². The Labute approximate surface area is 112 Å². The van der Waals surface area contributed by atoms with Gasteiger partial charge in [-0.3, -0.25) is 0 Å². The number of methoxy groups -OCH3 is 1. The monoisotopic (exact) mass is 266 g/mol. The van der Waals surface area contributed by atoms with Crippen LogP contribution in [0.1, 0.15) is 11.6 Å². The fourth-order valence-corrected chi connectivity index (χ4v) is 1.50. The highest BCUT2D eigenvalue weighted by atomic mass is 16.5. The topological polar surface area (TPSA) is 78.9 Å². The second-order valence-electron chi connectivity index (χ2n) is 4.05. The van der Waals surface area contributed by atoms with Crippen molar-refractivity contribution in [1.82, 2.24) is 10.2 Å². The zero-order valence-electron chi connectivity index (χ0n) is 11.0. The van der Waals surface area contributed by atoms with Crippen LogP contribution in [0.2, 0.25) is 0 Å². The van der Waals surface area contributed by atoms with Crippen LogP contribution in [0.4, 0.5) is 4.79 Å². The molecule has 0 heterocycles. The summed E-state index contributed by atoms with van der Waals surface area (Å²) in [6.07, 6.45) is 0. The molecule has 104 valence electrons. The Morgan fingerprint density at radius 1 is 1.37 bits per heavy atom. The molecule has 1 atom stereocenters. The Hall–Kier alpha value is -2.08. The molecule has 0 aliphatic heterocycles. The van der Waals surface area contributed by atoms with Gasteiger partial charge in [0, 0.05) is 20.7 Å². The lowest BCUT2D eigenvalue weighted by molar-refractivity contribution is -0.139. The van der Waals surface area contributed by atoms with Crippen molar-refractivity contribution >= 4 is 12.0 Å². The largest absolute Gasteiger partial charge is 0.479 e. The SMILES string of the molecule is COCCN(C)C(=O)NC(C(=O)O)c1ccccc1.